The summed E-state index contributed by atoms with van der Waals surface area (Å²) in [6.07, 6.45) is 0.804. The van der Waals surface area contributed by atoms with Gasteiger partial charge in [0.05, 0.1) is 12.1 Å². The minimum atomic E-state index is -0.920. The van der Waals surface area contributed by atoms with Gasteiger partial charge in [0.15, 0.2) is 11.3 Å². The van der Waals surface area contributed by atoms with Gasteiger partial charge < -0.3 is 10.1 Å². The maximum Gasteiger partial charge on any atom is 0.307 e. The van der Waals surface area contributed by atoms with Gasteiger partial charge in [-0.3, -0.25) is 9.59 Å². The number of benzene rings is 1. The van der Waals surface area contributed by atoms with Crippen molar-refractivity contribution in [1.29, 1.82) is 0 Å². The molecule has 0 saturated carbocycles. The Morgan fingerprint density at radius 2 is 1.88 bits per heavy atom. The van der Waals surface area contributed by atoms with Crippen LogP contribution < -0.4 is 5.32 Å². The molecule has 2 rings (SSSR count). The van der Waals surface area contributed by atoms with E-state index in [0.29, 0.717) is 5.69 Å². The number of amides is 1. The summed E-state index contributed by atoms with van der Waals surface area (Å²) in [6.45, 7) is 3.46. The Bertz CT molecular complexity index is 706. The van der Waals surface area contributed by atoms with Gasteiger partial charge in [-0.05, 0) is 30.5 Å². The van der Waals surface area contributed by atoms with E-state index >= 15 is 0 Å². The number of aromatic nitrogens is 1. The lowest BCUT2D eigenvalue weighted by atomic mass is 9.98. The van der Waals surface area contributed by atoms with Gasteiger partial charge in [-0.25, -0.2) is 4.98 Å². The van der Waals surface area contributed by atoms with Crippen molar-refractivity contribution in [3.05, 3.63) is 59.4 Å². The third kappa shape index (κ3) is 5.06. The average Bonchev–Trinajstić information content (AvgIpc) is 2.57. The third-order valence-electron chi connectivity index (χ3n) is 3.54. The van der Waals surface area contributed by atoms with E-state index in [9.17, 15) is 9.59 Å². The number of nitrogens with one attached hydrogen (secondary N) is 1. The summed E-state index contributed by atoms with van der Waals surface area (Å²) < 4.78 is 5.20. The molecule has 2 aromatic rings. The van der Waals surface area contributed by atoms with E-state index < -0.39 is 18.0 Å². The summed E-state index contributed by atoms with van der Waals surface area (Å²) >= 11 is 5.88. The zero-order valence-corrected chi connectivity index (χ0v) is 14.3. The number of pyridine rings is 1. The molecule has 1 aromatic heterocycles. The van der Waals surface area contributed by atoms with Crippen molar-refractivity contribution in [2.24, 2.45) is 0 Å². The van der Waals surface area contributed by atoms with E-state index in [1.807, 2.05) is 37.3 Å². The second-order valence-electron chi connectivity index (χ2n) is 5.48. The molecule has 0 spiro atoms. The summed E-state index contributed by atoms with van der Waals surface area (Å²) in [4.78, 5) is 28.0. The molecular weight excluding hydrogens is 328 g/mol. The summed E-state index contributed by atoms with van der Waals surface area (Å²) in [6, 6.07) is 13.0. The number of halogens is 1. The van der Waals surface area contributed by atoms with E-state index in [-0.39, 0.29) is 17.5 Å². The smallest absolute Gasteiger partial charge is 0.307 e. The fraction of sp³-hybridized carbons (Fsp3) is 0.278. The van der Waals surface area contributed by atoms with Crippen molar-refractivity contribution in [2.75, 3.05) is 5.32 Å². The van der Waals surface area contributed by atoms with Gasteiger partial charge in [0, 0.05) is 6.20 Å². The minimum Gasteiger partial charge on any atom is -0.453 e. The van der Waals surface area contributed by atoms with Gasteiger partial charge in [0.1, 0.15) is 0 Å². The van der Waals surface area contributed by atoms with Crippen LogP contribution in [0.3, 0.4) is 0 Å². The fourth-order valence-corrected chi connectivity index (χ4v) is 2.33. The number of rotatable bonds is 6. The molecule has 1 heterocycles. The predicted molar refractivity (Wildman–Crippen MR) is 92.9 cm³/mol. The number of ether oxygens (including phenoxy) is 1. The Morgan fingerprint density at radius 1 is 1.17 bits per heavy atom. The lowest BCUT2D eigenvalue weighted by molar-refractivity contribution is -0.153. The Balaban J connectivity index is 1.87. The van der Waals surface area contributed by atoms with Crippen LogP contribution >= 0.6 is 11.6 Å². The molecule has 1 N–H and O–H groups in total. The molecule has 0 aliphatic carbocycles. The van der Waals surface area contributed by atoms with Crippen LogP contribution in [0.1, 0.15) is 31.7 Å². The number of anilines is 1. The lowest BCUT2D eigenvalue weighted by Crippen LogP contribution is -2.30. The van der Waals surface area contributed by atoms with E-state index in [2.05, 4.69) is 10.3 Å². The van der Waals surface area contributed by atoms with Crippen molar-refractivity contribution in [2.45, 2.75) is 32.3 Å². The van der Waals surface area contributed by atoms with Gasteiger partial charge >= 0.3 is 5.97 Å². The highest BCUT2D eigenvalue weighted by atomic mass is 35.5. The molecule has 0 saturated heterocycles. The number of hydrogen-bond donors (Lipinski definition) is 1. The van der Waals surface area contributed by atoms with Gasteiger partial charge in [-0.2, -0.15) is 0 Å². The summed E-state index contributed by atoms with van der Waals surface area (Å²) in [7, 11) is 0. The zero-order valence-electron chi connectivity index (χ0n) is 13.5. The Labute approximate surface area is 146 Å². The van der Waals surface area contributed by atoms with Crippen molar-refractivity contribution in [3.63, 3.8) is 0 Å². The van der Waals surface area contributed by atoms with Crippen molar-refractivity contribution >= 4 is 29.2 Å². The fourth-order valence-electron chi connectivity index (χ4n) is 2.16. The molecule has 0 bridgehead atoms. The maximum absolute atomic E-state index is 12.1. The first-order chi connectivity index (χ1) is 11.5. The topological polar surface area (TPSA) is 68.3 Å². The first-order valence-electron chi connectivity index (χ1n) is 7.63. The van der Waals surface area contributed by atoms with Crippen LogP contribution in [0.2, 0.25) is 5.15 Å². The maximum atomic E-state index is 12.1. The highest BCUT2D eigenvalue weighted by Gasteiger charge is 2.20. The van der Waals surface area contributed by atoms with Crippen LogP contribution in [0.15, 0.2) is 48.7 Å². The van der Waals surface area contributed by atoms with Gasteiger partial charge in [0.25, 0.3) is 5.91 Å². The van der Waals surface area contributed by atoms with E-state index in [0.717, 1.165) is 5.56 Å². The van der Waals surface area contributed by atoms with Crippen LogP contribution in [0.5, 0.6) is 0 Å². The normalized spacial score (nSPS) is 13.0. The Kier molecular flexibility index (Phi) is 6.32. The third-order valence-corrected chi connectivity index (χ3v) is 3.84. The first kappa shape index (κ1) is 17.9. The van der Waals surface area contributed by atoms with Crippen LogP contribution in [0.4, 0.5) is 5.69 Å². The molecule has 24 heavy (non-hydrogen) atoms. The van der Waals surface area contributed by atoms with Crippen molar-refractivity contribution < 1.29 is 14.3 Å². The standard InChI is InChI=1S/C18H19ClN2O3/c1-12(14-7-4-3-5-8-14)11-16(22)24-13(2)18(23)21-15-9-6-10-20-17(15)19/h3-10,12-13H,11H2,1-2H3,(H,21,23)/t12-,13+/m0/s1. The minimum absolute atomic E-state index is 0.0155. The van der Waals surface area contributed by atoms with Gasteiger partial charge in [0.2, 0.25) is 0 Å². The zero-order chi connectivity index (χ0) is 17.5. The summed E-state index contributed by atoms with van der Waals surface area (Å²) in [5.74, 6) is -0.862. The second-order valence-corrected chi connectivity index (χ2v) is 5.84. The molecule has 0 unspecified atom stereocenters. The molecule has 126 valence electrons. The van der Waals surface area contributed by atoms with Gasteiger partial charge in [-0.15, -0.1) is 0 Å². The Hall–Kier alpha value is -2.40. The number of nitrogens with zero attached hydrogens (tertiary/aromatic N) is 1. The van der Waals surface area contributed by atoms with Crippen LogP contribution in [0.25, 0.3) is 0 Å². The first-order valence-corrected chi connectivity index (χ1v) is 8.01. The van der Waals surface area contributed by atoms with Crippen LogP contribution in [-0.2, 0) is 14.3 Å². The molecule has 5 nitrogen and oxygen atoms in total. The number of carbonyl (C=O) groups excluding carboxylic acids is 2. The van der Waals surface area contributed by atoms with Crippen LogP contribution in [-0.4, -0.2) is 23.0 Å². The van der Waals surface area contributed by atoms with E-state index in [1.54, 1.807) is 12.1 Å². The van der Waals surface area contributed by atoms with Crippen molar-refractivity contribution in [3.8, 4) is 0 Å². The quantitative estimate of drug-likeness (QED) is 0.638. The second kappa shape index (κ2) is 8.45. The highest BCUT2D eigenvalue weighted by molar-refractivity contribution is 6.32. The van der Waals surface area contributed by atoms with E-state index in [4.69, 9.17) is 16.3 Å². The SMILES string of the molecule is C[C@@H](OC(=O)C[C@H](C)c1ccccc1)C(=O)Nc1cccnc1Cl. The van der Waals surface area contributed by atoms with Crippen molar-refractivity contribution in [1.82, 2.24) is 4.98 Å². The molecule has 0 aliphatic rings. The lowest BCUT2D eigenvalue weighted by Gasteiger charge is -2.16. The monoisotopic (exact) mass is 346 g/mol. The van der Waals surface area contributed by atoms with Gasteiger partial charge in [-0.1, -0.05) is 48.9 Å². The Morgan fingerprint density at radius 3 is 2.54 bits per heavy atom. The molecule has 6 heteroatoms. The molecule has 1 aromatic carbocycles. The molecule has 2 atom stereocenters. The van der Waals surface area contributed by atoms with Crippen LogP contribution in [0, 0.1) is 0 Å². The number of hydrogen-bond acceptors (Lipinski definition) is 4. The molecule has 0 aliphatic heterocycles. The average molecular weight is 347 g/mol. The number of carbonyl (C=O) groups is 2. The largest absolute Gasteiger partial charge is 0.453 e. The molecule has 0 fully saturated rings. The van der Waals surface area contributed by atoms with E-state index in [1.165, 1.54) is 13.1 Å². The molecule has 0 radical (unpaired) electrons. The number of esters is 1. The molecular formula is C18H19ClN2O3. The predicted octanol–water partition coefficient (Wildman–Crippen LogP) is 3.80. The highest BCUT2D eigenvalue weighted by Crippen LogP contribution is 2.20. The summed E-state index contributed by atoms with van der Waals surface area (Å²) in [5, 5.41) is 2.77. The molecule has 1 amide bonds. The summed E-state index contributed by atoms with van der Waals surface area (Å²) in [5.41, 5.74) is 1.43.